The maximum Gasteiger partial charge on any atom is 0.186 e. The van der Waals surface area contributed by atoms with Crippen LogP contribution in [0, 0.1) is 5.92 Å². The van der Waals surface area contributed by atoms with Crippen LogP contribution in [-0.2, 0) is 18.0 Å². The lowest BCUT2D eigenvalue weighted by Crippen LogP contribution is -2.34. The monoisotopic (exact) mass is 285 g/mol. The SMILES string of the molecule is COCc1nc(N2CC(C)C(N(C)C)C2)sc1CO. The summed E-state index contributed by atoms with van der Waals surface area (Å²) in [5, 5.41) is 10.4. The van der Waals surface area contributed by atoms with E-state index in [9.17, 15) is 5.11 Å². The smallest absolute Gasteiger partial charge is 0.186 e. The molecular weight excluding hydrogens is 262 g/mol. The summed E-state index contributed by atoms with van der Waals surface area (Å²) in [7, 11) is 5.91. The van der Waals surface area contributed by atoms with Gasteiger partial charge in [0.15, 0.2) is 5.13 Å². The lowest BCUT2D eigenvalue weighted by atomic mass is 10.1. The lowest BCUT2D eigenvalue weighted by Gasteiger charge is -2.22. The Labute approximate surface area is 118 Å². The van der Waals surface area contributed by atoms with Crippen molar-refractivity contribution in [2.24, 2.45) is 5.92 Å². The molecule has 0 amide bonds. The van der Waals surface area contributed by atoms with Gasteiger partial charge in [-0.3, -0.25) is 0 Å². The van der Waals surface area contributed by atoms with Crippen LogP contribution in [0.2, 0.25) is 0 Å². The Bertz CT molecular complexity index is 422. The number of thiazole rings is 1. The van der Waals surface area contributed by atoms with E-state index >= 15 is 0 Å². The van der Waals surface area contributed by atoms with Crippen LogP contribution in [-0.4, -0.2) is 55.3 Å². The summed E-state index contributed by atoms with van der Waals surface area (Å²) in [5.74, 6) is 0.627. The molecule has 1 aliphatic heterocycles. The van der Waals surface area contributed by atoms with Gasteiger partial charge in [-0.15, -0.1) is 0 Å². The molecule has 0 aromatic carbocycles. The van der Waals surface area contributed by atoms with Crippen LogP contribution in [0.4, 0.5) is 5.13 Å². The third kappa shape index (κ3) is 3.08. The average molecular weight is 285 g/mol. The predicted octanol–water partition coefficient (Wildman–Crippen LogP) is 1.17. The molecule has 1 saturated heterocycles. The van der Waals surface area contributed by atoms with E-state index < -0.39 is 0 Å². The maximum atomic E-state index is 9.38. The minimum atomic E-state index is 0.0386. The molecular formula is C13H23N3O2S. The van der Waals surface area contributed by atoms with Crippen molar-refractivity contribution in [1.29, 1.82) is 0 Å². The van der Waals surface area contributed by atoms with E-state index in [2.05, 4.69) is 35.8 Å². The fourth-order valence-corrected chi connectivity index (χ4v) is 3.60. The molecule has 0 aliphatic carbocycles. The molecule has 5 nitrogen and oxygen atoms in total. The van der Waals surface area contributed by atoms with Crippen molar-refractivity contribution in [2.75, 3.05) is 39.2 Å². The van der Waals surface area contributed by atoms with Crippen molar-refractivity contribution in [2.45, 2.75) is 26.2 Å². The average Bonchev–Trinajstić information content (AvgIpc) is 2.93. The Morgan fingerprint density at radius 3 is 2.74 bits per heavy atom. The number of aromatic nitrogens is 1. The van der Waals surface area contributed by atoms with Crippen LogP contribution < -0.4 is 4.90 Å². The van der Waals surface area contributed by atoms with Gasteiger partial charge >= 0.3 is 0 Å². The number of aliphatic hydroxyl groups is 1. The number of anilines is 1. The molecule has 0 bridgehead atoms. The quantitative estimate of drug-likeness (QED) is 0.880. The van der Waals surface area contributed by atoms with E-state index in [1.54, 1.807) is 18.4 Å². The molecule has 108 valence electrons. The van der Waals surface area contributed by atoms with Gasteiger partial charge in [-0.25, -0.2) is 4.98 Å². The number of hydrogen-bond donors (Lipinski definition) is 1. The summed E-state index contributed by atoms with van der Waals surface area (Å²) in [6.45, 7) is 4.80. The van der Waals surface area contributed by atoms with E-state index in [4.69, 9.17) is 4.74 Å². The van der Waals surface area contributed by atoms with E-state index in [1.165, 1.54) is 0 Å². The van der Waals surface area contributed by atoms with Gasteiger partial charge in [-0.05, 0) is 20.0 Å². The molecule has 2 rings (SSSR count). The van der Waals surface area contributed by atoms with Crippen LogP contribution in [0.25, 0.3) is 0 Å². The van der Waals surface area contributed by atoms with Crippen LogP contribution in [0.15, 0.2) is 0 Å². The summed E-state index contributed by atoms with van der Waals surface area (Å²) in [6, 6.07) is 0.562. The van der Waals surface area contributed by atoms with Gasteiger partial charge in [0.1, 0.15) is 0 Å². The van der Waals surface area contributed by atoms with Gasteiger partial charge in [-0.2, -0.15) is 0 Å². The fraction of sp³-hybridized carbons (Fsp3) is 0.769. The van der Waals surface area contributed by atoms with Gasteiger partial charge in [0.05, 0.1) is 23.8 Å². The molecule has 2 atom stereocenters. The summed E-state index contributed by atoms with van der Waals surface area (Å²) in [5.41, 5.74) is 0.867. The van der Waals surface area contributed by atoms with Gasteiger partial charge in [0, 0.05) is 26.2 Å². The Balaban J connectivity index is 2.14. The van der Waals surface area contributed by atoms with Gasteiger partial charge in [-0.1, -0.05) is 18.3 Å². The zero-order chi connectivity index (χ0) is 14.0. The highest BCUT2D eigenvalue weighted by atomic mass is 32.1. The predicted molar refractivity (Wildman–Crippen MR) is 77.6 cm³/mol. The fourth-order valence-electron chi connectivity index (χ4n) is 2.66. The molecule has 19 heavy (non-hydrogen) atoms. The minimum Gasteiger partial charge on any atom is -0.391 e. The van der Waals surface area contributed by atoms with Crippen molar-refractivity contribution in [3.05, 3.63) is 10.6 Å². The summed E-state index contributed by atoms with van der Waals surface area (Å²) in [4.78, 5) is 10.1. The highest BCUT2D eigenvalue weighted by molar-refractivity contribution is 7.15. The molecule has 0 saturated carbocycles. The van der Waals surface area contributed by atoms with E-state index in [0.29, 0.717) is 18.6 Å². The first-order chi connectivity index (χ1) is 9.06. The zero-order valence-corrected chi connectivity index (χ0v) is 12.9. The third-order valence-electron chi connectivity index (χ3n) is 3.70. The van der Waals surface area contributed by atoms with Crippen molar-refractivity contribution in [3.8, 4) is 0 Å². The molecule has 2 unspecified atom stereocenters. The summed E-state index contributed by atoms with van der Waals surface area (Å²) >= 11 is 1.58. The minimum absolute atomic E-state index is 0.0386. The molecule has 2 heterocycles. The van der Waals surface area contributed by atoms with Gasteiger partial charge in [0.25, 0.3) is 0 Å². The Morgan fingerprint density at radius 1 is 1.47 bits per heavy atom. The van der Waals surface area contributed by atoms with Gasteiger partial charge in [0.2, 0.25) is 0 Å². The Hall–Kier alpha value is -0.690. The number of nitrogens with zero attached hydrogens (tertiary/aromatic N) is 3. The second kappa shape index (κ2) is 6.17. The van der Waals surface area contributed by atoms with Crippen LogP contribution in [0.3, 0.4) is 0 Å². The summed E-state index contributed by atoms with van der Waals surface area (Å²) in [6.07, 6.45) is 0. The second-order valence-electron chi connectivity index (χ2n) is 5.37. The molecule has 1 aromatic rings. The number of methoxy groups -OCH3 is 1. The van der Waals surface area contributed by atoms with Crippen molar-refractivity contribution >= 4 is 16.5 Å². The van der Waals surface area contributed by atoms with Gasteiger partial charge < -0.3 is 19.6 Å². The van der Waals surface area contributed by atoms with Crippen molar-refractivity contribution in [1.82, 2.24) is 9.88 Å². The molecule has 1 aliphatic rings. The Kier molecular flexibility index (Phi) is 4.78. The van der Waals surface area contributed by atoms with E-state index in [1.807, 2.05) is 0 Å². The Morgan fingerprint density at radius 2 is 2.21 bits per heavy atom. The second-order valence-corrected chi connectivity index (χ2v) is 6.43. The first kappa shape index (κ1) is 14.7. The standard InChI is InChI=1S/C13H23N3O2S/c1-9-5-16(6-11(9)15(2)3)13-14-10(8-18-4)12(7-17)19-13/h9,11,17H,5-8H2,1-4H3. The maximum absolute atomic E-state index is 9.38. The topological polar surface area (TPSA) is 48.8 Å². The largest absolute Gasteiger partial charge is 0.391 e. The lowest BCUT2D eigenvalue weighted by molar-refractivity contribution is 0.179. The molecule has 0 radical (unpaired) electrons. The normalized spacial score (nSPS) is 23.6. The van der Waals surface area contributed by atoms with Crippen LogP contribution >= 0.6 is 11.3 Å². The number of likely N-dealkylation sites (N-methyl/N-ethyl adjacent to an activating group) is 1. The zero-order valence-electron chi connectivity index (χ0n) is 12.1. The molecule has 1 fully saturated rings. The highest BCUT2D eigenvalue weighted by Crippen LogP contribution is 2.31. The molecule has 0 spiro atoms. The molecule has 1 aromatic heterocycles. The number of rotatable bonds is 5. The summed E-state index contributed by atoms with van der Waals surface area (Å²) < 4.78 is 5.13. The van der Waals surface area contributed by atoms with Crippen LogP contribution in [0.1, 0.15) is 17.5 Å². The molecule has 6 heteroatoms. The van der Waals surface area contributed by atoms with Crippen molar-refractivity contribution < 1.29 is 9.84 Å². The van der Waals surface area contributed by atoms with E-state index in [0.717, 1.165) is 28.8 Å². The van der Waals surface area contributed by atoms with Crippen molar-refractivity contribution in [3.63, 3.8) is 0 Å². The number of ether oxygens (including phenoxy) is 1. The van der Waals surface area contributed by atoms with Crippen LogP contribution in [0.5, 0.6) is 0 Å². The third-order valence-corrected chi connectivity index (χ3v) is 4.84. The molecule has 1 N–H and O–H groups in total. The first-order valence-corrected chi connectivity index (χ1v) is 7.38. The van der Waals surface area contributed by atoms with E-state index in [-0.39, 0.29) is 6.61 Å². The highest BCUT2D eigenvalue weighted by Gasteiger charge is 2.32. The number of hydrogen-bond acceptors (Lipinski definition) is 6. The first-order valence-electron chi connectivity index (χ1n) is 6.56. The number of aliphatic hydroxyl groups excluding tert-OH is 1.